The Morgan fingerprint density at radius 2 is 2.00 bits per heavy atom. The van der Waals surface area contributed by atoms with Crippen molar-refractivity contribution in [3.8, 4) is 0 Å². The first-order valence-electron chi connectivity index (χ1n) is 5.74. The van der Waals surface area contributed by atoms with E-state index in [4.69, 9.17) is 0 Å². The number of guanidine groups is 1. The summed E-state index contributed by atoms with van der Waals surface area (Å²) in [5.74, 6) is 0.424. The number of nitrogens with one attached hydrogen (secondary N) is 2. The fraction of sp³-hybridized carbons (Fsp3) is 0.462. The number of nitrogens with zero attached hydrogens (tertiary/aromatic N) is 1. The van der Waals surface area contributed by atoms with E-state index in [1.165, 1.54) is 6.07 Å². The lowest BCUT2D eigenvalue weighted by molar-refractivity contribution is 0.500. The molecule has 0 heterocycles. The molecule has 2 N–H and O–H groups in total. The molecule has 0 aliphatic rings. The number of hydrogen-bond donors (Lipinski definition) is 2. The molecule has 0 aliphatic carbocycles. The van der Waals surface area contributed by atoms with Crippen LogP contribution in [0.5, 0.6) is 0 Å². The van der Waals surface area contributed by atoms with Crippen LogP contribution in [-0.2, 0) is 6.54 Å². The highest BCUT2D eigenvalue weighted by atomic mass is 127. The van der Waals surface area contributed by atoms with E-state index in [9.17, 15) is 4.39 Å². The lowest BCUT2D eigenvalue weighted by Crippen LogP contribution is -2.47. The number of rotatable bonds is 2. The first-order valence-corrected chi connectivity index (χ1v) is 6.54. The van der Waals surface area contributed by atoms with Crippen LogP contribution in [0.3, 0.4) is 0 Å². The molecule has 1 aromatic rings. The molecule has 19 heavy (non-hydrogen) atoms. The maximum Gasteiger partial charge on any atom is 0.191 e. The summed E-state index contributed by atoms with van der Waals surface area (Å²) in [5.41, 5.74) is 0.523. The molecule has 3 nitrogen and oxygen atoms in total. The highest BCUT2D eigenvalue weighted by Crippen LogP contribution is 2.15. The largest absolute Gasteiger partial charge is 0.352 e. The van der Waals surface area contributed by atoms with Gasteiger partial charge in [-0.1, -0.05) is 22.0 Å². The van der Waals surface area contributed by atoms with E-state index in [0.717, 1.165) is 4.47 Å². The Labute approximate surface area is 139 Å². The fourth-order valence-corrected chi connectivity index (χ4v) is 1.71. The highest BCUT2D eigenvalue weighted by molar-refractivity contribution is 14.0. The Hall–Kier alpha value is -0.370. The van der Waals surface area contributed by atoms with Crippen molar-refractivity contribution in [2.75, 3.05) is 7.05 Å². The van der Waals surface area contributed by atoms with Gasteiger partial charge in [0.2, 0.25) is 0 Å². The van der Waals surface area contributed by atoms with Gasteiger partial charge in [-0.3, -0.25) is 4.99 Å². The monoisotopic (exact) mass is 443 g/mol. The molecular weight excluding hydrogens is 424 g/mol. The van der Waals surface area contributed by atoms with Gasteiger partial charge in [-0.15, -0.1) is 24.0 Å². The van der Waals surface area contributed by atoms with E-state index in [2.05, 4.69) is 31.6 Å². The molecule has 1 rings (SSSR count). The van der Waals surface area contributed by atoms with E-state index in [1.54, 1.807) is 13.1 Å². The molecule has 1 aromatic carbocycles. The molecule has 0 saturated carbocycles. The fourth-order valence-electron chi connectivity index (χ4n) is 1.38. The maximum absolute atomic E-state index is 13.6. The number of aliphatic imine (C=N–C) groups is 1. The highest BCUT2D eigenvalue weighted by Gasteiger charge is 2.12. The van der Waals surface area contributed by atoms with Crippen molar-refractivity contribution in [2.24, 2.45) is 4.99 Å². The molecular formula is C13H20BrFIN3. The van der Waals surface area contributed by atoms with Gasteiger partial charge in [-0.2, -0.15) is 0 Å². The number of hydrogen-bond acceptors (Lipinski definition) is 1. The Morgan fingerprint density at radius 1 is 1.37 bits per heavy atom. The van der Waals surface area contributed by atoms with Crippen LogP contribution in [0.2, 0.25) is 0 Å². The van der Waals surface area contributed by atoms with Crippen LogP contribution in [0.1, 0.15) is 26.3 Å². The normalized spacial score (nSPS) is 11.8. The van der Waals surface area contributed by atoms with Crippen molar-refractivity contribution < 1.29 is 4.39 Å². The molecule has 0 saturated heterocycles. The van der Waals surface area contributed by atoms with Crippen LogP contribution in [-0.4, -0.2) is 18.5 Å². The second-order valence-corrected chi connectivity index (χ2v) is 5.95. The Bertz CT molecular complexity index is 444. The second-order valence-electron chi connectivity index (χ2n) is 5.04. The molecule has 0 aromatic heterocycles. The van der Waals surface area contributed by atoms with E-state index in [-0.39, 0.29) is 35.3 Å². The second kappa shape index (κ2) is 8.04. The molecule has 108 valence electrons. The first kappa shape index (κ1) is 18.6. The van der Waals surface area contributed by atoms with Gasteiger partial charge in [0.1, 0.15) is 5.82 Å². The van der Waals surface area contributed by atoms with Crippen LogP contribution in [0.25, 0.3) is 0 Å². The van der Waals surface area contributed by atoms with Gasteiger partial charge in [-0.25, -0.2) is 4.39 Å². The minimum atomic E-state index is -0.233. The zero-order valence-electron chi connectivity index (χ0n) is 11.6. The van der Waals surface area contributed by atoms with Crippen molar-refractivity contribution in [1.29, 1.82) is 0 Å². The third kappa shape index (κ3) is 7.10. The van der Waals surface area contributed by atoms with Gasteiger partial charge in [0.25, 0.3) is 0 Å². The van der Waals surface area contributed by atoms with Crippen LogP contribution in [0.15, 0.2) is 27.7 Å². The topological polar surface area (TPSA) is 36.4 Å². The number of halogens is 3. The quantitative estimate of drug-likeness (QED) is 0.415. The molecule has 0 fully saturated rings. The van der Waals surface area contributed by atoms with Crippen LogP contribution < -0.4 is 10.6 Å². The summed E-state index contributed by atoms with van der Waals surface area (Å²) < 4.78 is 14.3. The third-order valence-corrected chi connectivity index (χ3v) is 2.67. The van der Waals surface area contributed by atoms with Gasteiger partial charge in [0.05, 0.1) is 0 Å². The smallest absolute Gasteiger partial charge is 0.191 e. The van der Waals surface area contributed by atoms with Crippen molar-refractivity contribution in [3.05, 3.63) is 34.1 Å². The van der Waals surface area contributed by atoms with E-state index in [1.807, 2.05) is 26.8 Å². The van der Waals surface area contributed by atoms with Crippen molar-refractivity contribution in [1.82, 2.24) is 10.6 Å². The summed E-state index contributed by atoms with van der Waals surface area (Å²) in [6.45, 7) is 6.52. The minimum Gasteiger partial charge on any atom is -0.352 e. The van der Waals surface area contributed by atoms with E-state index >= 15 is 0 Å². The van der Waals surface area contributed by atoms with Crippen LogP contribution in [0.4, 0.5) is 4.39 Å². The molecule has 6 heteroatoms. The van der Waals surface area contributed by atoms with Crippen molar-refractivity contribution >= 4 is 45.9 Å². The van der Waals surface area contributed by atoms with Crippen molar-refractivity contribution in [3.63, 3.8) is 0 Å². The lowest BCUT2D eigenvalue weighted by atomic mass is 10.1. The number of benzene rings is 1. The maximum atomic E-state index is 13.6. The predicted molar refractivity (Wildman–Crippen MR) is 92.6 cm³/mol. The van der Waals surface area contributed by atoms with Gasteiger partial charge in [-0.05, 0) is 32.9 Å². The Kier molecular flexibility index (Phi) is 7.88. The third-order valence-electron chi connectivity index (χ3n) is 2.18. The van der Waals surface area contributed by atoms with Gasteiger partial charge < -0.3 is 10.6 Å². The standard InChI is InChI=1S/C13H19BrFN3.HI/c1-13(2,3)18-12(16-4)17-8-9-5-6-10(14)7-11(9)15;/h5-7H,8H2,1-4H3,(H2,16,17,18);1H. The molecule has 0 bridgehead atoms. The van der Waals surface area contributed by atoms with Gasteiger partial charge in [0, 0.05) is 29.2 Å². The lowest BCUT2D eigenvalue weighted by Gasteiger charge is -2.23. The summed E-state index contributed by atoms with van der Waals surface area (Å²) in [4.78, 5) is 4.10. The van der Waals surface area contributed by atoms with Crippen molar-refractivity contribution in [2.45, 2.75) is 32.9 Å². The molecule has 0 unspecified atom stereocenters. The predicted octanol–water partition coefficient (Wildman–Crippen LogP) is 3.67. The first-order chi connectivity index (χ1) is 8.31. The average Bonchev–Trinajstić information content (AvgIpc) is 2.24. The SMILES string of the molecule is CN=C(NCc1ccc(Br)cc1F)NC(C)(C)C.I. The summed E-state index contributed by atoms with van der Waals surface area (Å²) in [6.07, 6.45) is 0. The van der Waals surface area contributed by atoms with E-state index < -0.39 is 0 Å². The average molecular weight is 444 g/mol. The summed E-state index contributed by atoms with van der Waals surface area (Å²) in [7, 11) is 1.69. The molecule has 0 spiro atoms. The zero-order valence-corrected chi connectivity index (χ0v) is 15.5. The van der Waals surface area contributed by atoms with Crippen LogP contribution in [0, 0.1) is 5.82 Å². The van der Waals surface area contributed by atoms with Gasteiger partial charge >= 0.3 is 0 Å². The summed E-state index contributed by atoms with van der Waals surface area (Å²) in [6, 6.07) is 5.02. The molecule has 0 aliphatic heterocycles. The Balaban J connectivity index is 0.00000324. The van der Waals surface area contributed by atoms with Crippen LogP contribution >= 0.6 is 39.9 Å². The summed E-state index contributed by atoms with van der Waals surface area (Å²) in [5, 5.41) is 6.30. The molecule has 0 atom stereocenters. The molecule has 0 amide bonds. The Morgan fingerprint density at radius 3 is 2.47 bits per heavy atom. The van der Waals surface area contributed by atoms with Gasteiger partial charge in [0.15, 0.2) is 5.96 Å². The summed E-state index contributed by atoms with van der Waals surface area (Å²) >= 11 is 3.23. The molecule has 0 radical (unpaired) electrons. The van der Waals surface area contributed by atoms with E-state index in [0.29, 0.717) is 18.1 Å². The zero-order chi connectivity index (χ0) is 13.8. The minimum absolute atomic E-state index is 0.